The number of amides is 1. The summed E-state index contributed by atoms with van der Waals surface area (Å²) in [6.07, 6.45) is 0. The smallest absolute Gasteiger partial charge is 0.235 e. The Hall–Kier alpha value is -2.93. The number of hydrogen-bond acceptors (Lipinski definition) is 5. The third-order valence-electron chi connectivity index (χ3n) is 4.80. The first kappa shape index (κ1) is 19.4. The van der Waals surface area contributed by atoms with E-state index in [0.717, 1.165) is 28.3 Å². The van der Waals surface area contributed by atoms with Gasteiger partial charge in [0, 0.05) is 5.56 Å². The van der Waals surface area contributed by atoms with E-state index in [0.29, 0.717) is 23.9 Å². The van der Waals surface area contributed by atoms with Crippen molar-refractivity contribution in [3.8, 4) is 17.2 Å². The number of ether oxygens (including phenoxy) is 2. The molecule has 0 saturated carbocycles. The Morgan fingerprint density at radius 3 is 2.72 bits per heavy atom. The maximum Gasteiger partial charge on any atom is 0.235 e. The Kier molecular flexibility index (Phi) is 5.49. The zero-order valence-corrected chi connectivity index (χ0v) is 17.5. The minimum absolute atomic E-state index is 0.0336. The topological polar surface area (TPSA) is 65.4 Å². The molecule has 1 aliphatic rings. The molecule has 0 aliphatic carbocycles. The van der Waals surface area contributed by atoms with Gasteiger partial charge in [-0.2, -0.15) is 5.10 Å². The van der Waals surface area contributed by atoms with E-state index >= 15 is 0 Å². The highest BCUT2D eigenvalue weighted by molar-refractivity contribution is 8.00. The second-order valence-corrected chi connectivity index (χ2v) is 7.77. The number of hydrogen-bond donors (Lipinski definition) is 1. The van der Waals surface area contributed by atoms with Crippen molar-refractivity contribution >= 4 is 23.5 Å². The number of aryl methyl sites for hydroxylation is 1. The first-order valence-electron chi connectivity index (χ1n) is 9.49. The highest BCUT2D eigenvalue weighted by Gasteiger charge is 2.31. The Balaban J connectivity index is 1.84. The van der Waals surface area contributed by atoms with E-state index in [1.807, 2.05) is 67.1 Å². The largest absolute Gasteiger partial charge is 0.493 e. The van der Waals surface area contributed by atoms with Gasteiger partial charge in [-0.3, -0.25) is 4.79 Å². The monoisotopic (exact) mass is 409 g/mol. The lowest BCUT2D eigenvalue weighted by Crippen LogP contribution is -2.15. The van der Waals surface area contributed by atoms with Gasteiger partial charge in [0.05, 0.1) is 36.1 Å². The van der Waals surface area contributed by atoms with E-state index in [9.17, 15) is 4.79 Å². The van der Waals surface area contributed by atoms with Gasteiger partial charge in [-0.25, -0.2) is 4.68 Å². The molecule has 0 saturated heterocycles. The van der Waals surface area contributed by atoms with Gasteiger partial charge >= 0.3 is 0 Å². The van der Waals surface area contributed by atoms with Crippen LogP contribution in [-0.4, -0.2) is 35.2 Å². The normalized spacial score (nSPS) is 16.0. The molecule has 1 atom stereocenters. The lowest BCUT2D eigenvalue weighted by Gasteiger charge is -2.18. The third kappa shape index (κ3) is 3.70. The molecule has 7 heteroatoms. The van der Waals surface area contributed by atoms with Crippen LogP contribution >= 0.6 is 11.8 Å². The molecule has 1 unspecified atom stereocenters. The van der Waals surface area contributed by atoms with Crippen molar-refractivity contribution in [1.82, 2.24) is 9.78 Å². The van der Waals surface area contributed by atoms with Gasteiger partial charge in [0.2, 0.25) is 5.91 Å². The second-order valence-electron chi connectivity index (χ2n) is 6.68. The van der Waals surface area contributed by atoms with Gasteiger partial charge in [-0.05, 0) is 43.7 Å². The summed E-state index contributed by atoms with van der Waals surface area (Å²) >= 11 is 1.59. The molecule has 0 bridgehead atoms. The lowest BCUT2D eigenvalue weighted by molar-refractivity contribution is -0.113. The van der Waals surface area contributed by atoms with Crippen LogP contribution in [0.5, 0.6) is 11.5 Å². The summed E-state index contributed by atoms with van der Waals surface area (Å²) in [6, 6.07) is 15.8. The SMILES string of the molecule is CCOc1ccc(C2SCC(=O)Nc3c2c(C)nn3-c2ccccc2)cc1OC. The Morgan fingerprint density at radius 2 is 2.00 bits per heavy atom. The Morgan fingerprint density at radius 1 is 1.21 bits per heavy atom. The van der Waals surface area contributed by atoms with Gasteiger partial charge in [0.1, 0.15) is 5.82 Å². The first-order valence-corrected chi connectivity index (χ1v) is 10.5. The van der Waals surface area contributed by atoms with Crippen molar-refractivity contribution in [2.24, 2.45) is 0 Å². The Bertz CT molecular complexity index is 1030. The number of aromatic nitrogens is 2. The lowest BCUT2D eigenvalue weighted by atomic mass is 10.0. The molecule has 6 nitrogen and oxygen atoms in total. The van der Waals surface area contributed by atoms with Gasteiger partial charge in [0.25, 0.3) is 0 Å². The molecule has 150 valence electrons. The number of carbonyl (C=O) groups is 1. The number of nitrogens with zero attached hydrogens (tertiary/aromatic N) is 2. The molecule has 29 heavy (non-hydrogen) atoms. The van der Waals surface area contributed by atoms with Crippen LogP contribution in [0.15, 0.2) is 48.5 Å². The van der Waals surface area contributed by atoms with Crippen molar-refractivity contribution < 1.29 is 14.3 Å². The molecule has 2 aromatic carbocycles. The maximum absolute atomic E-state index is 12.5. The molecule has 1 aliphatic heterocycles. The number of anilines is 1. The fourth-order valence-electron chi connectivity index (χ4n) is 3.52. The van der Waals surface area contributed by atoms with E-state index in [4.69, 9.17) is 14.6 Å². The summed E-state index contributed by atoms with van der Waals surface area (Å²) in [5, 5.41) is 7.74. The first-order chi connectivity index (χ1) is 14.1. The van der Waals surface area contributed by atoms with Crippen molar-refractivity contribution in [2.45, 2.75) is 19.1 Å². The summed E-state index contributed by atoms with van der Waals surface area (Å²) in [4.78, 5) is 12.5. The molecule has 0 spiro atoms. The van der Waals surface area contributed by atoms with Crippen LogP contribution in [0.4, 0.5) is 5.82 Å². The van der Waals surface area contributed by atoms with E-state index in [1.165, 1.54) is 0 Å². The molecular formula is C22H23N3O3S. The van der Waals surface area contributed by atoms with E-state index < -0.39 is 0 Å². The molecular weight excluding hydrogens is 386 g/mol. The van der Waals surface area contributed by atoms with E-state index in [-0.39, 0.29) is 11.2 Å². The average Bonchev–Trinajstić information content (AvgIpc) is 2.94. The van der Waals surface area contributed by atoms with Gasteiger partial charge in [-0.15, -0.1) is 11.8 Å². The van der Waals surface area contributed by atoms with Crippen LogP contribution in [0.1, 0.15) is 29.0 Å². The average molecular weight is 410 g/mol. The molecule has 2 heterocycles. The number of thioether (sulfide) groups is 1. The van der Waals surface area contributed by atoms with Crippen LogP contribution in [-0.2, 0) is 4.79 Å². The number of rotatable bonds is 5. The summed E-state index contributed by atoms with van der Waals surface area (Å²) < 4.78 is 13.0. The molecule has 1 N–H and O–H groups in total. The maximum atomic E-state index is 12.5. The molecule has 4 rings (SSSR count). The molecule has 3 aromatic rings. The molecule has 1 amide bonds. The van der Waals surface area contributed by atoms with Crippen molar-refractivity contribution in [1.29, 1.82) is 0 Å². The van der Waals surface area contributed by atoms with Gasteiger partial charge in [0.15, 0.2) is 11.5 Å². The fraction of sp³-hybridized carbons (Fsp3) is 0.273. The number of nitrogens with one attached hydrogen (secondary N) is 1. The van der Waals surface area contributed by atoms with Crippen LogP contribution in [0.25, 0.3) is 5.69 Å². The number of methoxy groups -OCH3 is 1. The predicted molar refractivity (Wildman–Crippen MR) is 115 cm³/mol. The summed E-state index contributed by atoms with van der Waals surface area (Å²) in [5.74, 6) is 2.45. The number of fused-ring (bicyclic) bond motifs is 1. The molecule has 1 aromatic heterocycles. The van der Waals surface area contributed by atoms with Crippen molar-refractivity contribution in [2.75, 3.05) is 24.8 Å². The second kappa shape index (κ2) is 8.21. The van der Waals surface area contributed by atoms with Crippen LogP contribution in [0.3, 0.4) is 0 Å². The highest BCUT2D eigenvalue weighted by Crippen LogP contribution is 2.45. The number of benzene rings is 2. The molecule has 0 fully saturated rings. The standard InChI is InChI=1S/C22H23N3O3S/c1-4-28-17-11-10-15(12-18(17)27-3)21-20-14(2)24-25(16-8-6-5-7-9-16)22(20)23-19(26)13-29-21/h5-12,21H,4,13H2,1-3H3,(H,23,26). The Labute approximate surface area is 174 Å². The summed E-state index contributed by atoms with van der Waals surface area (Å²) in [7, 11) is 1.64. The highest BCUT2D eigenvalue weighted by atomic mass is 32.2. The van der Waals surface area contributed by atoms with E-state index in [1.54, 1.807) is 18.9 Å². The van der Waals surface area contributed by atoms with E-state index in [2.05, 4.69) is 5.32 Å². The zero-order chi connectivity index (χ0) is 20.4. The zero-order valence-electron chi connectivity index (χ0n) is 16.6. The van der Waals surface area contributed by atoms with Crippen LogP contribution < -0.4 is 14.8 Å². The minimum Gasteiger partial charge on any atom is -0.493 e. The van der Waals surface area contributed by atoms with Gasteiger partial charge in [-0.1, -0.05) is 24.3 Å². The fourth-order valence-corrected chi connectivity index (χ4v) is 4.70. The quantitative estimate of drug-likeness (QED) is 0.678. The van der Waals surface area contributed by atoms with Crippen molar-refractivity contribution in [3.63, 3.8) is 0 Å². The molecule has 0 radical (unpaired) electrons. The van der Waals surface area contributed by atoms with Crippen LogP contribution in [0, 0.1) is 6.92 Å². The third-order valence-corrected chi connectivity index (χ3v) is 6.07. The minimum atomic E-state index is -0.0500. The van der Waals surface area contributed by atoms with Crippen molar-refractivity contribution in [3.05, 3.63) is 65.4 Å². The summed E-state index contributed by atoms with van der Waals surface area (Å²) in [5.41, 5.74) is 3.85. The van der Waals surface area contributed by atoms with Gasteiger partial charge < -0.3 is 14.8 Å². The summed E-state index contributed by atoms with van der Waals surface area (Å²) in [6.45, 7) is 4.49. The number of para-hydroxylation sites is 1. The van der Waals surface area contributed by atoms with Crippen LogP contribution in [0.2, 0.25) is 0 Å². The number of carbonyl (C=O) groups excluding carboxylic acids is 1. The predicted octanol–water partition coefficient (Wildman–Crippen LogP) is 4.36.